The van der Waals surface area contributed by atoms with Crippen LogP contribution in [0.4, 0.5) is 0 Å². The van der Waals surface area contributed by atoms with E-state index in [9.17, 15) is 14.7 Å². The van der Waals surface area contributed by atoms with Gasteiger partial charge in [0.15, 0.2) is 0 Å². The molecule has 1 aromatic heterocycles. The molecule has 9 heteroatoms. The molecule has 1 aliphatic rings. The number of amides is 1. The van der Waals surface area contributed by atoms with Crippen LogP contribution in [0.3, 0.4) is 0 Å². The van der Waals surface area contributed by atoms with E-state index in [1.165, 1.54) is 0 Å². The Hall–Kier alpha value is -3.45. The summed E-state index contributed by atoms with van der Waals surface area (Å²) in [7, 11) is 5.84. The van der Waals surface area contributed by atoms with E-state index in [1.807, 2.05) is 39.9 Å². The fourth-order valence-corrected chi connectivity index (χ4v) is 4.12. The first-order valence-corrected chi connectivity index (χ1v) is 12.3. The number of pyridine rings is 1. The predicted octanol–water partition coefficient (Wildman–Crippen LogP) is 2.04. The normalized spacial score (nSPS) is 18.4. The Kier molecular flexibility index (Phi) is 9.64. The lowest BCUT2D eigenvalue weighted by atomic mass is 9.99. The Bertz CT molecular complexity index is 1160. The van der Waals surface area contributed by atoms with E-state index >= 15 is 0 Å². The maximum atomic E-state index is 13.5. The van der Waals surface area contributed by atoms with Crippen LogP contribution >= 0.6 is 0 Å². The summed E-state index contributed by atoms with van der Waals surface area (Å²) in [4.78, 5) is 34.8. The van der Waals surface area contributed by atoms with Crippen molar-refractivity contribution in [3.05, 3.63) is 58.8 Å². The van der Waals surface area contributed by atoms with Gasteiger partial charge in [-0.3, -0.25) is 14.6 Å². The third-order valence-corrected chi connectivity index (χ3v) is 6.29. The van der Waals surface area contributed by atoms with Gasteiger partial charge in [-0.1, -0.05) is 30.9 Å². The van der Waals surface area contributed by atoms with Crippen molar-refractivity contribution in [1.82, 2.24) is 19.7 Å². The maximum Gasteiger partial charge on any atom is 0.335 e. The first kappa shape index (κ1) is 28.1. The number of fused-ring (bicyclic) bond motifs is 1. The monoisotopic (exact) mass is 508 g/mol. The van der Waals surface area contributed by atoms with Crippen LogP contribution in [0.25, 0.3) is 0 Å². The zero-order valence-corrected chi connectivity index (χ0v) is 22.1. The van der Waals surface area contributed by atoms with Crippen molar-refractivity contribution in [1.29, 1.82) is 0 Å². The molecule has 0 unspecified atom stereocenters. The Morgan fingerprint density at radius 2 is 1.97 bits per heavy atom. The van der Waals surface area contributed by atoms with E-state index in [1.54, 1.807) is 41.4 Å². The Morgan fingerprint density at radius 1 is 1.27 bits per heavy atom. The second kappa shape index (κ2) is 12.7. The van der Waals surface area contributed by atoms with Crippen molar-refractivity contribution in [3.8, 4) is 17.7 Å². The van der Waals surface area contributed by atoms with Gasteiger partial charge in [-0.05, 0) is 51.8 Å². The Balaban J connectivity index is 1.86. The van der Waals surface area contributed by atoms with E-state index in [4.69, 9.17) is 9.84 Å². The third kappa shape index (κ3) is 7.52. The highest BCUT2D eigenvalue weighted by Gasteiger charge is 2.34. The molecule has 0 fully saturated rings. The lowest BCUT2D eigenvalue weighted by Crippen LogP contribution is -2.49. The molecular formula is C28H36N4O5. The quantitative estimate of drug-likeness (QED) is 0.522. The van der Waals surface area contributed by atoms with Crippen LogP contribution in [0.15, 0.2) is 36.5 Å². The highest BCUT2D eigenvalue weighted by molar-refractivity contribution is 5.97. The second-order valence-corrected chi connectivity index (χ2v) is 9.94. The number of ether oxygens (including phenoxy) is 1. The SMILES string of the molecule is C[C@H]1CN([C@@H](C)CO)C(=O)c2cc(C#CCN(C)C)cnc2O[C@H]1CN(C)Cc1ccc(C(=O)O)cc1. The van der Waals surface area contributed by atoms with Crippen molar-refractivity contribution in [2.75, 3.05) is 47.4 Å². The van der Waals surface area contributed by atoms with Gasteiger partial charge in [-0.25, -0.2) is 9.78 Å². The van der Waals surface area contributed by atoms with Crippen LogP contribution in [-0.4, -0.2) is 101 Å². The fourth-order valence-electron chi connectivity index (χ4n) is 4.12. The summed E-state index contributed by atoms with van der Waals surface area (Å²) in [5.74, 6) is 5.15. The standard InChI is InChI=1S/C28H36N4O5/c1-19-15-32(20(2)18-33)27(34)24-13-22(7-6-12-30(3)4)14-29-26(24)37-25(19)17-31(5)16-21-8-10-23(11-9-21)28(35)36/h8-11,13-14,19-20,25,33H,12,15-18H2,1-5H3,(H,35,36)/t19-,20-,25-/m0/s1. The van der Waals surface area contributed by atoms with Gasteiger partial charge < -0.3 is 19.8 Å². The number of hydrogen-bond acceptors (Lipinski definition) is 7. The minimum atomic E-state index is -0.953. The summed E-state index contributed by atoms with van der Waals surface area (Å²) in [6.45, 7) is 5.86. The number of carbonyl (C=O) groups is 2. The molecule has 3 rings (SSSR count). The highest BCUT2D eigenvalue weighted by Crippen LogP contribution is 2.27. The van der Waals surface area contributed by atoms with Gasteiger partial charge in [0.1, 0.15) is 11.7 Å². The summed E-state index contributed by atoms with van der Waals surface area (Å²) < 4.78 is 6.34. The highest BCUT2D eigenvalue weighted by atomic mass is 16.5. The molecule has 0 saturated carbocycles. The molecule has 9 nitrogen and oxygen atoms in total. The number of nitrogens with zero attached hydrogens (tertiary/aromatic N) is 4. The molecule has 0 bridgehead atoms. The van der Waals surface area contributed by atoms with Gasteiger partial charge in [0.25, 0.3) is 5.91 Å². The molecule has 1 aromatic carbocycles. The van der Waals surface area contributed by atoms with Crippen LogP contribution in [0.2, 0.25) is 0 Å². The molecule has 3 atom stereocenters. The van der Waals surface area contributed by atoms with Crippen molar-refractivity contribution in [2.24, 2.45) is 5.92 Å². The molecule has 0 spiro atoms. The number of benzene rings is 1. The fraction of sp³-hybridized carbons (Fsp3) is 0.464. The largest absolute Gasteiger partial charge is 0.478 e. The molecule has 2 N–H and O–H groups in total. The molecular weight excluding hydrogens is 472 g/mol. The number of likely N-dealkylation sites (N-methyl/N-ethyl adjacent to an activating group) is 1. The summed E-state index contributed by atoms with van der Waals surface area (Å²) in [6.07, 6.45) is 1.34. The molecule has 0 saturated heterocycles. The average Bonchev–Trinajstić information content (AvgIpc) is 2.86. The van der Waals surface area contributed by atoms with E-state index in [0.29, 0.717) is 37.3 Å². The molecule has 0 aliphatic carbocycles. The summed E-state index contributed by atoms with van der Waals surface area (Å²) in [5, 5.41) is 19.0. The van der Waals surface area contributed by atoms with Gasteiger partial charge in [0.05, 0.1) is 24.8 Å². The first-order valence-electron chi connectivity index (χ1n) is 12.3. The van der Waals surface area contributed by atoms with Gasteiger partial charge in [0.2, 0.25) is 5.88 Å². The number of rotatable bonds is 8. The lowest BCUT2D eigenvalue weighted by molar-refractivity contribution is 0.0325. The van der Waals surface area contributed by atoms with Gasteiger partial charge in [0, 0.05) is 37.3 Å². The van der Waals surface area contributed by atoms with Crippen LogP contribution in [0.5, 0.6) is 5.88 Å². The molecule has 37 heavy (non-hydrogen) atoms. The smallest absolute Gasteiger partial charge is 0.335 e. The van der Waals surface area contributed by atoms with Crippen molar-refractivity contribution >= 4 is 11.9 Å². The molecule has 1 amide bonds. The van der Waals surface area contributed by atoms with Gasteiger partial charge in [-0.2, -0.15) is 0 Å². The number of carboxylic acid groups (broad SMARTS) is 1. The number of aromatic nitrogens is 1. The summed E-state index contributed by atoms with van der Waals surface area (Å²) >= 11 is 0. The number of aromatic carboxylic acids is 1. The van der Waals surface area contributed by atoms with Gasteiger partial charge in [-0.15, -0.1) is 0 Å². The first-order chi connectivity index (χ1) is 17.6. The molecule has 0 radical (unpaired) electrons. The van der Waals surface area contributed by atoms with Gasteiger partial charge >= 0.3 is 5.97 Å². The minimum absolute atomic E-state index is 0.0377. The Labute approximate surface area is 218 Å². The van der Waals surface area contributed by atoms with E-state index < -0.39 is 5.97 Å². The molecule has 198 valence electrons. The Morgan fingerprint density at radius 3 is 2.59 bits per heavy atom. The van der Waals surface area contributed by atoms with Crippen LogP contribution in [-0.2, 0) is 6.54 Å². The van der Waals surface area contributed by atoms with Crippen molar-refractivity contribution in [2.45, 2.75) is 32.5 Å². The molecule has 1 aliphatic heterocycles. The maximum absolute atomic E-state index is 13.5. The number of carbonyl (C=O) groups excluding carboxylic acids is 1. The van der Waals surface area contributed by atoms with E-state index in [2.05, 4.69) is 21.7 Å². The number of carboxylic acids is 1. The molecule has 2 aromatic rings. The second-order valence-electron chi connectivity index (χ2n) is 9.94. The van der Waals surface area contributed by atoms with Crippen LogP contribution < -0.4 is 4.74 Å². The minimum Gasteiger partial charge on any atom is -0.478 e. The van der Waals surface area contributed by atoms with Crippen molar-refractivity contribution < 1.29 is 24.5 Å². The lowest BCUT2D eigenvalue weighted by Gasteiger charge is -2.37. The summed E-state index contributed by atoms with van der Waals surface area (Å²) in [5.41, 5.74) is 2.19. The number of aliphatic hydroxyl groups excluding tert-OH is 1. The van der Waals surface area contributed by atoms with E-state index in [-0.39, 0.29) is 42.0 Å². The number of aliphatic hydroxyl groups is 1. The molecule has 2 heterocycles. The topological polar surface area (TPSA) is 106 Å². The predicted molar refractivity (Wildman–Crippen MR) is 141 cm³/mol. The van der Waals surface area contributed by atoms with Crippen LogP contribution in [0, 0.1) is 17.8 Å². The van der Waals surface area contributed by atoms with Crippen LogP contribution in [0.1, 0.15) is 45.7 Å². The zero-order chi connectivity index (χ0) is 27.1. The summed E-state index contributed by atoms with van der Waals surface area (Å²) in [6, 6.07) is 8.16. The van der Waals surface area contributed by atoms with Crippen molar-refractivity contribution in [3.63, 3.8) is 0 Å². The average molecular weight is 509 g/mol. The number of hydrogen-bond donors (Lipinski definition) is 2. The zero-order valence-electron chi connectivity index (χ0n) is 22.1. The van der Waals surface area contributed by atoms with E-state index in [0.717, 1.165) is 5.56 Å². The third-order valence-electron chi connectivity index (χ3n) is 6.29.